The summed E-state index contributed by atoms with van der Waals surface area (Å²) in [6, 6.07) is -1.19. The van der Waals surface area contributed by atoms with Gasteiger partial charge < -0.3 is 15.3 Å². The van der Waals surface area contributed by atoms with Crippen molar-refractivity contribution in [2.45, 2.75) is 26.3 Å². The molecule has 2 unspecified atom stereocenters. The molecular formula is C9H18N2O3. The van der Waals surface area contributed by atoms with Crippen molar-refractivity contribution < 1.29 is 14.7 Å². The molecule has 14 heavy (non-hydrogen) atoms. The first-order valence-electron chi connectivity index (χ1n) is 4.60. The Morgan fingerprint density at radius 2 is 1.93 bits per heavy atom. The zero-order chi connectivity index (χ0) is 11.3. The van der Waals surface area contributed by atoms with Gasteiger partial charge in [0.15, 0.2) is 0 Å². The second kappa shape index (κ2) is 5.47. The summed E-state index contributed by atoms with van der Waals surface area (Å²) in [5.41, 5.74) is 0. The van der Waals surface area contributed by atoms with E-state index in [-0.39, 0.29) is 11.9 Å². The second-order valence-electron chi connectivity index (χ2n) is 3.55. The molecule has 0 spiro atoms. The van der Waals surface area contributed by atoms with Crippen LogP contribution >= 0.6 is 0 Å². The van der Waals surface area contributed by atoms with Crippen LogP contribution in [-0.2, 0) is 4.79 Å². The van der Waals surface area contributed by atoms with E-state index in [9.17, 15) is 9.59 Å². The Balaban J connectivity index is 4.38. The third-order valence-electron chi connectivity index (χ3n) is 2.16. The molecule has 82 valence electrons. The molecule has 2 atom stereocenters. The molecule has 0 aromatic rings. The molecule has 0 aliphatic rings. The maximum Gasteiger partial charge on any atom is 0.326 e. The van der Waals surface area contributed by atoms with Gasteiger partial charge in [-0.3, -0.25) is 0 Å². The van der Waals surface area contributed by atoms with Crippen molar-refractivity contribution in [1.82, 2.24) is 10.2 Å². The molecule has 0 aromatic carbocycles. The number of amides is 2. The van der Waals surface area contributed by atoms with E-state index < -0.39 is 12.0 Å². The zero-order valence-corrected chi connectivity index (χ0v) is 9.07. The van der Waals surface area contributed by atoms with Gasteiger partial charge in [0.05, 0.1) is 0 Å². The first-order valence-corrected chi connectivity index (χ1v) is 4.60. The van der Waals surface area contributed by atoms with Gasteiger partial charge in [-0.15, -0.1) is 0 Å². The van der Waals surface area contributed by atoms with Crippen LogP contribution in [0.4, 0.5) is 4.79 Å². The summed E-state index contributed by atoms with van der Waals surface area (Å²) in [6.45, 7) is 3.69. The number of carbonyl (C=O) groups excluding carboxylic acids is 1. The lowest BCUT2D eigenvalue weighted by Gasteiger charge is -2.22. The van der Waals surface area contributed by atoms with Crippen molar-refractivity contribution in [3.8, 4) is 0 Å². The molecule has 0 aliphatic carbocycles. The standard InChI is InChI=1S/C9H18N2O3/c1-5-6(2)7(8(12)13)10-9(14)11(3)4/h6-7H,5H2,1-4H3,(H,10,14)(H,12,13). The van der Waals surface area contributed by atoms with E-state index in [0.717, 1.165) is 0 Å². The number of aliphatic carboxylic acids is 1. The number of carbonyl (C=O) groups is 2. The topological polar surface area (TPSA) is 69.6 Å². The maximum absolute atomic E-state index is 11.2. The Morgan fingerprint density at radius 3 is 2.21 bits per heavy atom. The molecule has 5 heteroatoms. The molecular weight excluding hydrogens is 184 g/mol. The molecule has 2 amide bonds. The highest BCUT2D eigenvalue weighted by Crippen LogP contribution is 2.07. The molecule has 5 nitrogen and oxygen atoms in total. The van der Waals surface area contributed by atoms with Crippen LogP contribution in [-0.4, -0.2) is 42.1 Å². The van der Waals surface area contributed by atoms with Crippen molar-refractivity contribution in [3.63, 3.8) is 0 Å². The highest BCUT2D eigenvalue weighted by Gasteiger charge is 2.25. The summed E-state index contributed by atoms with van der Waals surface area (Å²) in [7, 11) is 3.15. The predicted octanol–water partition coefficient (Wildman–Crippen LogP) is 0.757. The number of urea groups is 1. The largest absolute Gasteiger partial charge is 0.480 e. The van der Waals surface area contributed by atoms with Crippen molar-refractivity contribution in [2.75, 3.05) is 14.1 Å². The molecule has 2 N–H and O–H groups in total. The summed E-state index contributed by atoms with van der Waals surface area (Å²) in [4.78, 5) is 23.4. The number of nitrogens with one attached hydrogen (secondary N) is 1. The highest BCUT2D eigenvalue weighted by atomic mass is 16.4. The third kappa shape index (κ3) is 3.64. The van der Waals surface area contributed by atoms with Gasteiger partial charge in [-0.05, 0) is 5.92 Å². The Hall–Kier alpha value is -1.26. The molecule has 0 saturated heterocycles. The maximum atomic E-state index is 11.2. The van der Waals surface area contributed by atoms with Crippen LogP contribution in [0.3, 0.4) is 0 Å². The van der Waals surface area contributed by atoms with Crippen LogP contribution in [0.25, 0.3) is 0 Å². The second-order valence-corrected chi connectivity index (χ2v) is 3.55. The molecule has 0 aliphatic heterocycles. The molecule has 0 fully saturated rings. The SMILES string of the molecule is CCC(C)C(NC(=O)N(C)C)C(=O)O. The summed E-state index contributed by atoms with van der Waals surface area (Å²) >= 11 is 0. The molecule has 0 bridgehead atoms. The number of nitrogens with zero attached hydrogens (tertiary/aromatic N) is 1. The Labute approximate surface area is 84.1 Å². The van der Waals surface area contributed by atoms with E-state index in [0.29, 0.717) is 6.42 Å². The van der Waals surface area contributed by atoms with Gasteiger partial charge in [-0.25, -0.2) is 9.59 Å². The lowest BCUT2D eigenvalue weighted by Crippen LogP contribution is -2.48. The van der Waals surface area contributed by atoms with Crippen molar-refractivity contribution in [2.24, 2.45) is 5.92 Å². The third-order valence-corrected chi connectivity index (χ3v) is 2.16. The smallest absolute Gasteiger partial charge is 0.326 e. The normalized spacial score (nSPS) is 14.3. The van der Waals surface area contributed by atoms with Gasteiger partial charge in [0.25, 0.3) is 0 Å². The number of carboxylic acid groups (broad SMARTS) is 1. The van der Waals surface area contributed by atoms with E-state index in [4.69, 9.17) is 5.11 Å². The van der Waals surface area contributed by atoms with Gasteiger partial charge >= 0.3 is 12.0 Å². The minimum absolute atomic E-state index is 0.0728. The molecule has 0 heterocycles. The van der Waals surface area contributed by atoms with Crippen LogP contribution in [0.1, 0.15) is 20.3 Å². The first kappa shape index (κ1) is 12.7. The fraction of sp³-hybridized carbons (Fsp3) is 0.778. The van der Waals surface area contributed by atoms with Gasteiger partial charge in [-0.1, -0.05) is 20.3 Å². The van der Waals surface area contributed by atoms with E-state index in [1.165, 1.54) is 4.90 Å². The Kier molecular flexibility index (Phi) is 4.97. The number of rotatable bonds is 4. The highest BCUT2D eigenvalue weighted by molar-refractivity contribution is 5.82. The van der Waals surface area contributed by atoms with Crippen molar-refractivity contribution in [3.05, 3.63) is 0 Å². The molecule has 0 aromatic heterocycles. The lowest BCUT2D eigenvalue weighted by molar-refractivity contribution is -0.140. The fourth-order valence-corrected chi connectivity index (χ4v) is 0.945. The lowest BCUT2D eigenvalue weighted by atomic mass is 9.99. The monoisotopic (exact) mass is 202 g/mol. The van der Waals surface area contributed by atoms with Gasteiger partial charge in [-0.2, -0.15) is 0 Å². The van der Waals surface area contributed by atoms with E-state index in [1.54, 1.807) is 21.0 Å². The minimum Gasteiger partial charge on any atom is -0.480 e. The van der Waals surface area contributed by atoms with E-state index in [1.807, 2.05) is 6.92 Å². The van der Waals surface area contributed by atoms with Crippen molar-refractivity contribution in [1.29, 1.82) is 0 Å². The predicted molar refractivity (Wildman–Crippen MR) is 53.1 cm³/mol. The molecule has 0 radical (unpaired) electrons. The van der Waals surface area contributed by atoms with Gasteiger partial charge in [0, 0.05) is 14.1 Å². The Bertz CT molecular complexity index is 216. The van der Waals surface area contributed by atoms with Crippen LogP contribution in [0.15, 0.2) is 0 Å². The summed E-state index contributed by atoms with van der Waals surface area (Å²) < 4.78 is 0. The van der Waals surface area contributed by atoms with Gasteiger partial charge in [0.1, 0.15) is 6.04 Å². The number of hydrogen-bond acceptors (Lipinski definition) is 2. The number of carboxylic acids is 1. The van der Waals surface area contributed by atoms with Crippen LogP contribution in [0.5, 0.6) is 0 Å². The minimum atomic E-state index is -0.991. The summed E-state index contributed by atoms with van der Waals surface area (Å²) in [5, 5.41) is 11.3. The zero-order valence-electron chi connectivity index (χ0n) is 9.07. The van der Waals surface area contributed by atoms with Gasteiger partial charge in [0.2, 0.25) is 0 Å². The van der Waals surface area contributed by atoms with Crippen LogP contribution < -0.4 is 5.32 Å². The average Bonchev–Trinajstić information content (AvgIpc) is 2.11. The Morgan fingerprint density at radius 1 is 1.43 bits per heavy atom. The first-order chi connectivity index (χ1) is 6.40. The van der Waals surface area contributed by atoms with Crippen molar-refractivity contribution >= 4 is 12.0 Å². The molecule has 0 rings (SSSR count). The average molecular weight is 202 g/mol. The fourth-order valence-electron chi connectivity index (χ4n) is 0.945. The summed E-state index contributed by atoms with van der Waals surface area (Å²) in [5.74, 6) is -1.06. The van der Waals surface area contributed by atoms with Crippen LogP contribution in [0, 0.1) is 5.92 Å². The molecule has 0 saturated carbocycles. The quantitative estimate of drug-likeness (QED) is 0.707. The summed E-state index contributed by atoms with van der Waals surface area (Å²) in [6.07, 6.45) is 0.713. The van der Waals surface area contributed by atoms with E-state index >= 15 is 0 Å². The van der Waals surface area contributed by atoms with E-state index in [2.05, 4.69) is 5.32 Å². The number of hydrogen-bond donors (Lipinski definition) is 2. The van der Waals surface area contributed by atoms with Crippen LogP contribution in [0.2, 0.25) is 0 Å².